The number of hydrogen-bond acceptors (Lipinski definition) is 4. The zero-order valence-electron chi connectivity index (χ0n) is 46.4. The lowest BCUT2D eigenvalue weighted by Gasteiger charge is -2.40. The average Bonchev–Trinajstić information content (AvgIpc) is 2.77. The molecule has 1 saturated heterocycles. The van der Waals surface area contributed by atoms with Gasteiger partial charge in [0.2, 0.25) is 0 Å². The number of benzene rings is 12. The molecule has 1 aliphatic rings. The second kappa shape index (κ2) is 23.6. The van der Waals surface area contributed by atoms with E-state index >= 15 is 0 Å². The third-order valence-electron chi connectivity index (χ3n) is 16.2. The summed E-state index contributed by atoms with van der Waals surface area (Å²) in [5, 5.41) is 12.3. The maximum atomic E-state index is 5.69. The van der Waals surface area contributed by atoms with Crippen molar-refractivity contribution in [3.63, 3.8) is 0 Å². The van der Waals surface area contributed by atoms with Gasteiger partial charge in [0.25, 0.3) is 0 Å². The summed E-state index contributed by atoms with van der Waals surface area (Å²) in [4.78, 5) is 5.69. The SMILES string of the molecule is c1ccc(-c2cc(-c3ccccc3)cc(C3NC(c4ccc(-c5cccc(-c6c(-c7ccccc7)c(-c7ccccc7)nc(-c7ccccc7)c6-c6ccccc6)c5)cc4)NC(c4cc(-c5ccccc5)cc(-c5ccccc5)c4)N3)c2)cc1. The predicted octanol–water partition coefficient (Wildman–Crippen LogP) is 19.9. The molecule has 0 amide bonds. The Balaban J connectivity index is 0.896. The van der Waals surface area contributed by atoms with E-state index in [0.717, 1.165) is 106 Å². The van der Waals surface area contributed by atoms with Crippen molar-refractivity contribution in [3.8, 4) is 112 Å². The molecule has 4 nitrogen and oxygen atoms in total. The predicted molar refractivity (Wildman–Crippen MR) is 349 cm³/mol. The van der Waals surface area contributed by atoms with Crippen LogP contribution in [-0.4, -0.2) is 4.98 Å². The lowest BCUT2D eigenvalue weighted by atomic mass is 9.82. The van der Waals surface area contributed by atoms with Crippen LogP contribution in [0.15, 0.2) is 328 Å². The van der Waals surface area contributed by atoms with Crippen LogP contribution >= 0.6 is 0 Å². The van der Waals surface area contributed by atoms with Crippen LogP contribution in [0.4, 0.5) is 0 Å². The number of aromatic nitrogens is 1. The number of rotatable bonds is 13. The summed E-state index contributed by atoms with van der Waals surface area (Å²) in [6.07, 6.45) is -0.734. The molecule has 12 aromatic carbocycles. The third-order valence-corrected chi connectivity index (χ3v) is 16.2. The molecule has 0 bridgehead atoms. The van der Waals surface area contributed by atoms with Crippen LogP contribution in [0, 0.1) is 0 Å². The Kier molecular flexibility index (Phi) is 14.6. The van der Waals surface area contributed by atoms with Crippen LogP contribution in [0.2, 0.25) is 0 Å². The Labute approximate surface area is 492 Å². The highest BCUT2D eigenvalue weighted by Crippen LogP contribution is 2.49. The molecule has 0 spiro atoms. The van der Waals surface area contributed by atoms with Crippen LogP contribution in [0.25, 0.3) is 112 Å². The van der Waals surface area contributed by atoms with Gasteiger partial charge in [-0.3, -0.25) is 16.0 Å². The second-order valence-electron chi connectivity index (χ2n) is 21.6. The van der Waals surface area contributed by atoms with Gasteiger partial charge in [-0.25, -0.2) is 4.98 Å². The zero-order valence-corrected chi connectivity index (χ0v) is 46.4. The van der Waals surface area contributed by atoms with Crippen molar-refractivity contribution in [1.82, 2.24) is 20.9 Å². The Hall–Kier alpha value is -10.3. The third kappa shape index (κ3) is 10.8. The molecular weight excluding hydrogens is 1020 g/mol. The van der Waals surface area contributed by atoms with Gasteiger partial charge in [0, 0.05) is 27.8 Å². The van der Waals surface area contributed by atoms with Gasteiger partial charge in [0.05, 0.1) is 29.9 Å². The van der Waals surface area contributed by atoms with Crippen molar-refractivity contribution >= 4 is 0 Å². The maximum Gasteiger partial charge on any atom is 0.0865 e. The summed E-state index contributed by atoms with van der Waals surface area (Å²) in [5.41, 5.74) is 25.7. The van der Waals surface area contributed by atoms with E-state index in [1.165, 1.54) is 22.3 Å². The zero-order chi connectivity index (χ0) is 56.0. The first-order valence-corrected chi connectivity index (χ1v) is 28.9. The fourth-order valence-corrected chi connectivity index (χ4v) is 12.0. The molecule has 0 saturated carbocycles. The molecule has 2 unspecified atom stereocenters. The van der Waals surface area contributed by atoms with Crippen molar-refractivity contribution in [1.29, 1.82) is 0 Å². The highest BCUT2D eigenvalue weighted by Gasteiger charge is 2.32. The molecule has 4 heteroatoms. The number of nitrogens with one attached hydrogen (secondary N) is 3. The normalized spacial score (nSPS) is 14.9. The van der Waals surface area contributed by atoms with E-state index in [2.05, 4.69) is 344 Å². The van der Waals surface area contributed by atoms with E-state index in [-0.39, 0.29) is 18.5 Å². The minimum Gasteiger partial charge on any atom is -0.279 e. The van der Waals surface area contributed by atoms with Crippen molar-refractivity contribution in [3.05, 3.63) is 344 Å². The van der Waals surface area contributed by atoms with E-state index in [9.17, 15) is 0 Å². The fraction of sp³-hybridized carbons (Fsp3) is 0.0375. The van der Waals surface area contributed by atoms with E-state index in [4.69, 9.17) is 4.98 Å². The maximum absolute atomic E-state index is 5.69. The molecule has 400 valence electrons. The Morgan fingerprint density at radius 1 is 0.179 bits per heavy atom. The van der Waals surface area contributed by atoms with E-state index < -0.39 is 0 Å². The number of pyridine rings is 1. The Bertz CT molecular complexity index is 4000. The lowest BCUT2D eigenvalue weighted by Crippen LogP contribution is -2.54. The smallest absolute Gasteiger partial charge is 0.0865 e. The highest BCUT2D eigenvalue weighted by molar-refractivity contribution is 6.05. The molecule has 1 aromatic heterocycles. The van der Waals surface area contributed by atoms with Crippen LogP contribution < -0.4 is 16.0 Å². The summed E-state index contributed by atoms with van der Waals surface area (Å²) in [5.74, 6) is 0. The topological polar surface area (TPSA) is 49.0 Å². The summed E-state index contributed by atoms with van der Waals surface area (Å²) >= 11 is 0. The van der Waals surface area contributed by atoms with Gasteiger partial charge >= 0.3 is 0 Å². The van der Waals surface area contributed by atoms with Crippen LogP contribution in [0.3, 0.4) is 0 Å². The van der Waals surface area contributed by atoms with Crippen LogP contribution in [-0.2, 0) is 0 Å². The van der Waals surface area contributed by atoms with Crippen molar-refractivity contribution < 1.29 is 0 Å². The van der Waals surface area contributed by atoms with Crippen LogP contribution in [0.5, 0.6) is 0 Å². The largest absolute Gasteiger partial charge is 0.279 e. The molecule has 3 N–H and O–H groups in total. The first kappa shape index (κ1) is 51.8. The summed E-state index contributed by atoms with van der Waals surface area (Å²) in [6.45, 7) is 0. The molecule has 84 heavy (non-hydrogen) atoms. The van der Waals surface area contributed by atoms with Gasteiger partial charge in [-0.05, 0) is 131 Å². The standard InChI is InChI=1S/C80H60N4/c1-9-26-55(27-10-1)67-49-68(56-28-11-2-12-29-56)52-71(51-67)79-82-78(83-80(84-79)72-53-69(57-30-13-3-14-31-57)50-70(54-72)58-32-15-4-16-33-58)64-46-44-59(45-47-64)65-42-25-43-66(48-65)73-74(60-34-17-5-18-35-60)76(62-38-21-7-22-39-62)81-77(63-40-23-8-24-41-63)75(73)61-36-19-6-20-37-61/h1-54,78-80,82-84H. The lowest BCUT2D eigenvalue weighted by molar-refractivity contribution is 0.203. The van der Waals surface area contributed by atoms with Gasteiger partial charge in [0.1, 0.15) is 0 Å². The van der Waals surface area contributed by atoms with Gasteiger partial charge in [-0.15, -0.1) is 0 Å². The van der Waals surface area contributed by atoms with Crippen molar-refractivity contribution in [2.45, 2.75) is 18.5 Å². The van der Waals surface area contributed by atoms with E-state index in [1.807, 2.05) is 0 Å². The summed E-state index contributed by atoms with van der Waals surface area (Å²) in [6, 6.07) is 118. The first-order valence-electron chi connectivity index (χ1n) is 28.9. The van der Waals surface area contributed by atoms with Crippen LogP contribution in [0.1, 0.15) is 35.2 Å². The monoisotopic (exact) mass is 1080 g/mol. The molecule has 1 fully saturated rings. The summed E-state index contributed by atoms with van der Waals surface area (Å²) < 4.78 is 0. The second-order valence-corrected chi connectivity index (χ2v) is 21.6. The molecule has 1 aliphatic heterocycles. The number of hydrogen-bond donors (Lipinski definition) is 3. The minimum atomic E-state index is -0.246. The van der Waals surface area contributed by atoms with Gasteiger partial charge in [-0.1, -0.05) is 285 Å². The molecule has 14 rings (SSSR count). The summed E-state index contributed by atoms with van der Waals surface area (Å²) in [7, 11) is 0. The quantitative estimate of drug-likeness (QED) is 0.108. The van der Waals surface area contributed by atoms with Gasteiger partial charge < -0.3 is 0 Å². The molecule has 0 aliphatic carbocycles. The Morgan fingerprint density at radius 2 is 0.440 bits per heavy atom. The van der Waals surface area contributed by atoms with Crippen molar-refractivity contribution in [2.75, 3.05) is 0 Å². The number of nitrogens with zero attached hydrogens (tertiary/aromatic N) is 1. The van der Waals surface area contributed by atoms with E-state index in [1.54, 1.807) is 0 Å². The molecule has 2 atom stereocenters. The van der Waals surface area contributed by atoms with E-state index in [0.29, 0.717) is 0 Å². The van der Waals surface area contributed by atoms with Gasteiger partial charge in [0.15, 0.2) is 0 Å². The van der Waals surface area contributed by atoms with Gasteiger partial charge in [-0.2, -0.15) is 0 Å². The highest BCUT2D eigenvalue weighted by atomic mass is 15.4. The molecular formula is C80H60N4. The molecule has 13 aromatic rings. The molecule has 0 radical (unpaired) electrons. The van der Waals surface area contributed by atoms with Crippen molar-refractivity contribution in [2.24, 2.45) is 0 Å². The Morgan fingerprint density at radius 3 is 0.786 bits per heavy atom. The fourth-order valence-electron chi connectivity index (χ4n) is 12.0. The average molecular weight is 1080 g/mol. The molecule has 2 heterocycles. The minimum absolute atomic E-state index is 0.241. The first-order chi connectivity index (χ1) is 41.6.